The molecule has 0 bridgehead atoms. The fraction of sp³-hybridized carbons (Fsp3) is 0.500. The molecular weight excluding hydrogens is 294 g/mol. The standard InChI is InChI=1S/C14H18BrNO2/c1-2-10-5-7-16(8-6-10)14(18)12-4-3-11(15)9-13(12)17/h3-4,9-10,17H,2,5-8H2,1H3. The lowest BCUT2D eigenvalue weighted by Crippen LogP contribution is -2.38. The number of rotatable bonds is 2. The first kappa shape index (κ1) is 13.4. The second-order valence-corrected chi connectivity index (χ2v) is 5.72. The SMILES string of the molecule is CCC1CCN(C(=O)c2ccc(Br)cc2O)CC1. The van der Waals surface area contributed by atoms with Crippen LogP contribution in [0.2, 0.25) is 0 Å². The molecule has 1 N–H and O–H groups in total. The highest BCUT2D eigenvalue weighted by molar-refractivity contribution is 9.10. The van der Waals surface area contributed by atoms with Crippen LogP contribution in [0.1, 0.15) is 36.5 Å². The third kappa shape index (κ3) is 2.86. The summed E-state index contributed by atoms with van der Waals surface area (Å²) >= 11 is 3.27. The number of carbonyl (C=O) groups is 1. The van der Waals surface area contributed by atoms with Gasteiger partial charge in [-0.1, -0.05) is 29.3 Å². The molecule has 18 heavy (non-hydrogen) atoms. The van der Waals surface area contributed by atoms with Crippen molar-refractivity contribution in [3.05, 3.63) is 28.2 Å². The summed E-state index contributed by atoms with van der Waals surface area (Å²) < 4.78 is 0.779. The molecule has 1 aromatic rings. The molecule has 4 heteroatoms. The van der Waals surface area contributed by atoms with E-state index in [1.54, 1.807) is 18.2 Å². The van der Waals surface area contributed by atoms with Crippen LogP contribution in [0.15, 0.2) is 22.7 Å². The van der Waals surface area contributed by atoms with Gasteiger partial charge in [0.25, 0.3) is 5.91 Å². The van der Waals surface area contributed by atoms with E-state index in [9.17, 15) is 9.90 Å². The number of likely N-dealkylation sites (tertiary alicyclic amines) is 1. The highest BCUT2D eigenvalue weighted by Gasteiger charge is 2.24. The van der Waals surface area contributed by atoms with Gasteiger partial charge in [-0.25, -0.2) is 0 Å². The first-order valence-corrected chi connectivity index (χ1v) is 7.19. The lowest BCUT2D eigenvalue weighted by molar-refractivity contribution is 0.0686. The van der Waals surface area contributed by atoms with Gasteiger partial charge in [-0.2, -0.15) is 0 Å². The van der Waals surface area contributed by atoms with Crippen LogP contribution in [0.3, 0.4) is 0 Å². The minimum atomic E-state index is -0.0606. The van der Waals surface area contributed by atoms with Gasteiger partial charge in [-0.3, -0.25) is 4.79 Å². The van der Waals surface area contributed by atoms with Crippen LogP contribution < -0.4 is 0 Å². The first-order valence-electron chi connectivity index (χ1n) is 6.39. The first-order chi connectivity index (χ1) is 8.61. The molecule has 1 heterocycles. The molecule has 1 aliphatic rings. The second-order valence-electron chi connectivity index (χ2n) is 4.81. The highest BCUT2D eigenvalue weighted by atomic mass is 79.9. The van der Waals surface area contributed by atoms with Crippen molar-refractivity contribution in [1.82, 2.24) is 4.90 Å². The van der Waals surface area contributed by atoms with Gasteiger partial charge in [-0.15, -0.1) is 0 Å². The zero-order valence-corrected chi connectivity index (χ0v) is 12.1. The van der Waals surface area contributed by atoms with Gasteiger partial charge in [0, 0.05) is 17.6 Å². The fourth-order valence-corrected chi connectivity index (χ4v) is 2.75. The van der Waals surface area contributed by atoms with Gasteiger partial charge in [0.05, 0.1) is 5.56 Å². The summed E-state index contributed by atoms with van der Waals surface area (Å²) in [6.07, 6.45) is 3.32. The third-order valence-corrected chi connectivity index (χ3v) is 4.16. The van der Waals surface area contributed by atoms with Crippen LogP contribution in [0, 0.1) is 5.92 Å². The summed E-state index contributed by atoms with van der Waals surface area (Å²) in [5, 5.41) is 9.81. The molecule has 3 nitrogen and oxygen atoms in total. The summed E-state index contributed by atoms with van der Waals surface area (Å²) in [6, 6.07) is 5.02. The summed E-state index contributed by atoms with van der Waals surface area (Å²) in [7, 11) is 0. The maximum atomic E-state index is 12.3. The predicted octanol–water partition coefficient (Wildman–Crippen LogP) is 3.42. The number of nitrogens with zero attached hydrogens (tertiary/aromatic N) is 1. The van der Waals surface area contributed by atoms with Crippen LogP contribution in [0.5, 0.6) is 5.75 Å². The Morgan fingerprint density at radius 1 is 1.44 bits per heavy atom. The fourth-order valence-electron chi connectivity index (χ4n) is 2.40. The molecule has 0 aliphatic carbocycles. The minimum Gasteiger partial charge on any atom is -0.507 e. The number of phenols is 1. The van der Waals surface area contributed by atoms with Crippen LogP contribution in [-0.4, -0.2) is 29.0 Å². The molecule has 0 saturated carbocycles. The van der Waals surface area contributed by atoms with Gasteiger partial charge >= 0.3 is 0 Å². The molecule has 0 aromatic heterocycles. The molecule has 1 fully saturated rings. The molecule has 0 radical (unpaired) electrons. The highest BCUT2D eigenvalue weighted by Crippen LogP contribution is 2.26. The topological polar surface area (TPSA) is 40.5 Å². The number of phenolic OH excluding ortho intramolecular Hbond substituents is 1. The van der Waals surface area contributed by atoms with Crippen molar-refractivity contribution in [3.8, 4) is 5.75 Å². The molecule has 1 aliphatic heterocycles. The Kier molecular flexibility index (Phi) is 4.27. The number of carbonyl (C=O) groups excluding carboxylic acids is 1. The van der Waals surface area contributed by atoms with E-state index < -0.39 is 0 Å². The number of amides is 1. The molecule has 0 atom stereocenters. The minimum absolute atomic E-state index is 0.0481. The zero-order chi connectivity index (χ0) is 13.1. The number of aromatic hydroxyl groups is 1. The second kappa shape index (κ2) is 5.74. The summed E-state index contributed by atoms with van der Waals surface area (Å²) in [4.78, 5) is 14.1. The number of piperidine rings is 1. The van der Waals surface area contributed by atoms with E-state index in [-0.39, 0.29) is 11.7 Å². The quantitative estimate of drug-likeness (QED) is 0.909. The van der Waals surface area contributed by atoms with E-state index in [1.165, 1.54) is 6.42 Å². The Labute approximate surface area is 116 Å². The van der Waals surface area contributed by atoms with Crippen LogP contribution in [0.4, 0.5) is 0 Å². The number of hydrogen-bond donors (Lipinski definition) is 1. The van der Waals surface area contributed by atoms with E-state index in [0.717, 1.165) is 36.3 Å². The lowest BCUT2D eigenvalue weighted by Gasteiger charge is -2.31. The van der Waals surface area contributed by atoms with Crippen molar-refractivity contribution in [1.29, 1.82) is 0 Å². The van der Waals surface area contributed by atoms with Gasteiger partial charge in [-0.05, 0) is 37.0 Å². The zero-order valence-electron chi connectivity index (χ0n) is 10.5. The van der Waals surface area contributed by atoms with Crippen molar-refractivity contribution in [3.63, 3.8) is 0 Å². The largest absolute Gasteiger partial charge is 0.507 e. The van der Waals surface area contributed by atoms with Gasteiger partial charge in [0.15, 0.2) is 0 Å². The normalized spacial score (nSPS) is 16.9. The Hall–Kier alpha value is -1.03. The predicted molar refractivity (Wildman–Crippen MR) is 74.7 cm³/mol. The van der Waals surface area contributed by atoms with Crippen LogP contribution in [-0.2, 0) is 0 Å². The van der Waals surface area contributed by atoms with Crippen molar-refractivity contribution >= 4 is 21.8 Å². The Morgan fingerprint density at radius 3 is 2.67 bits per heavy atom. The number of halogens is 1. The summed E-state index contributed by atoms with van der Waals surface area (Å²) in [5.41, 5.74) is 0.396. The Bertz CT molecular complexity index is 439. The molecule has 1 saturated heterocycles. The average Bonchev–Trinajstić information content (AvgIpc) is 2.38. The van der Waals surface area contributed by atoms with Crippen molar-refractivity contribution in [2.24, 2.45) is 5.92 Å². The lowest BCUT2D eigenvalue weighted by atomic mass is 9.94. The molecule has 1 aromatic carbocycles. The summed E-state index contributed by atoms with van der Waals surface area (Å²) in [6.45, 7) is 3.79. The van der Waals surface area contributed by atoms with E-state index in [0.29, 0.717) is 5.56 Å². The van der Waals surface area contributed by atoms with Crippen molar-refractivity contribution < 1.29 is 9.90 Å². The maximum absolute atomic E-state index is 12.3. The average molecular weight is 312 g/mol. The van der Waals surface area contributed by atoms with Crippen molar-refractivity contribution in [2.75, 3.05) is 13.1 Å². The van der Waals surface area contributed by atoms with E-state index in [1.807, 2.05) is 4.90 Å². The summed E-state index contributed by atoms with van der Waals surface area (Å²) in [5.74, 6) is 0.731. The smallest absolute Gasteiger partial charge is 0.257 e. The third-order valence-electron chi connectivity index (χ3n) is 3.67. The molecular formula is C14H18BrNO2. The number of benzene rings is 1. The molecule has 0 unspecified atom stereocenters. The Morgan fingerprint density at radius 2 is 2.11 bits per heavy atom. The molecule has 1 amide bonds. The van der Waals surface area contributed by atoms with Crippen LogP contribution in [0.25, 0.3) is 0 Å². The van der Waals surface area contributed by atoms with Crippen LogP contribution >= 0.6 is 15.9 Å². The van der Waals surface area contributed by atoms with Gasteiger partial charge in [0.2, 0.25) is 0 Å². The van der Waals surface area contributed by atoms with E-state index in [2.05, 4.69) is 22.9 Å². The van der Waals surface area contributed by atoms with E-state index >= 15 is 0 Å². The van der Waals surface area contributed by atoms with Gasteiger partial charge < -0.3 is 10.0 Å². The monoisotopic (exact) mass is 311 g/mol. The Balaban J connectivity index is 2.08. The van der Waals surface area contributed by atoms with E-state index in [4.69, 9.17) is 0 Å². The number of hydrogen-bond acceptors (Lipinski definition) is 2. The van der Waals surface area contributed by atoms with Crippen molar-refractivity contribution in [2.45, 2.75) is 26.2 Å². The maximum Gasteiger partial charge on any atom is 0.257 e. The molecule has 2 rings (SSSR count). The van der Waals surface area contributed by atoms with Gasteiger partial charge in [0.1, 0.15) is 5.75 Å². The molecule has 98 valence electrons. The molecule has 0 spiro atoms.